The topological polar surface area (TPSA) is 35.0 Å². The number of aryl methyl sites for hydroxylation is 1. The normalized spacial score (nSPS) is 11.0. The van der Waals surface area contributed by atoms with Crippen LogP contribution in [0.4, 0.5) is 0 Å². The van der Waals surface area contributed by atoms with Gasteiger partial charge in [-0.1, -0.05) is 44.5 Å². The van der Waals surface area contributed by atoms with Crippen LogP contribution in [0.5, 0.6) is 5.75 Å². The Morgan fingerprint density at radius 2 is 1.31 bits per heavy atom. The molecule has 0 amide bonds. The number of aromatic nitrogens is 2. The molecular weight excluding hydrogens is 396 g/mol. The number of ether oxygens (including phenoxy) is 1. The Morgan fingerprint density at radius 3 is 1.83 bits per heavy atom. The zero-order chi connectivity index (χ0) is 20.1. The van der Waals surface area contributed by atoms with Gasteiger partial charge in [0.15, 0.2) is 10.0 Å². The van der Waals surface area contributed by atoms with E-state index in [0.717, 1.165) is 64.1 Å². The van der Waals surface area contributed by atoms with Crippen molar-refractivity contribution in [2.45, 2.75) is 33.1 Å². The Hall–Kier alpha value is -2.50. The molecule has 5 heteroatoms. The van der Waals surface area contributed by atoms with Gasteiger partial charge in [0.1, 0.15) is 5.75 Å². The van der Waals surface area contributed by atoms with Gasteiger partial charge in [0, 0.05) is 21.9 Å². The van der Waals surface area contributed by atoms with Gasteiger partial charge < -0.3 is 4.74 Å². The molecule has 0 N–H and O–H groups in total. The van der Waals surface area contributed by atoms with Crippen molar-refractivity contribution >= 4 is 22.7 Å². The Morgan fingerprint density at radius 1 is 0.759 bits per heavy atom. The van der Waals surface area contributed by atoms with Crippen molar-refractivity contribution in [3.05, 3.63) is 64.9 Å². The van der Waals surface area contributed by atoms with Crippen LogP contribution in [0.3, 0.4) is 0 Å². The van der Waals surface area contributed by atoms with E-state index < -0.39 is 0 Å². The summed E-state index contributed by atoms with van der Waals surface area (Å²) in [5, 5.41) is 6.14. The Bertz CT molecular complexity index is 1050. The van der Waals surface area contributed by atoms with Gasteiger partial charge in [-0.2, -0.15) is 0 Å². The number of unbranched alkanes of at least 4 members (excludes halogenated alkanes) is 1. The molecule has 4 aromatic rings. The summed E-state index contributed by atoms with van der Waals surface area (Å²) in [5.41, 5.74) is 5.59. The highest BCUT2D eigenvalue weighted by molar-refractivity contribution is 7.20. The largest absolute Gasteiger partial charge is 0.494 e. The molecule has 0 aliphatic heterocycles. The second-order valence-electron chi connectivity index (χ2n) is 6.85. The minimum Gasteiger partial charge on any atom is -0.494 e. The van der Waals surface area contributed by atoms with Crippen LogP contribution in [0.15, 0.2) is 59.3 Å². The SMILES string of the molecule is CCCCOc1ccc(-c2csc(-c3nc(-c4ccc(CC)cc4)cs3)n2)cc1. The molecule has 0 aliphatic rings. The molecule has 0 spiro atoms. The van der Waals surface area contributed by atoms with Crippen LogP contribution in [0.2, 0.25) is 0 Å². The molecule has 0 unspecified atom stereocenters. The van der Waals surface area contributed by atoms with Crippen molar-refractivity contribution in [1.29, 1.82) is 0 Å². The highest BCUT2D eigenvalue weighted by atomic mass is 32.1. The smallest absolute Gasteiger partial charge is 0.152 e. The first-order chi connectivity index (χ1) is 14.3. The molecule has 0 fully saturated rings. The molecule has 0 saturated heterocycles. The fourth-order valence-corrected chi connectivity index (χ4v) is 4.68. The second-order valence-corrected chi connectivity index (χ2v) is 8.57. The second kappa shape index (κ2) is 9.33. The molecule has 0 bridgehead atoms. The predicted molar refractivity (Wildman–Crippen MR) is 124 cm³/mol. The van der Waals surface area contributed by atoms with Crippen LogP contribution in [0, 0.1) is 0 Å². The highest BCUT2D eigenvalue weighted by Gasteiger charge is 2.12. The van der Waals surface area contributed by atoms with E-state index in [4.69, 9.17) is 14.7 Å². The Balaban J connectivity index is 1.48. The maximum atomic E-state index is 5.74. The molecule has 0 saturated carbocycles. The van der Waals surface area contributed by atoms with Crippen molar-refractivity contribution in [3.63, 3.8) is 0 Å². The molecular formula is C24H24N2OS2. The lowest BCUT2D eigenvalue weighted by Crippen LogP contribution is -1.95. The summed E-state index contributed by atoms with van der Waals surface area (Å²) in [7, 11) is 0. The van der Waals surface area contributed by atoms with Gasteiger partial charge in [-0.3, -0.25) is 0 Å². The maximum Gasteiger partial charge on any atom is 0.152 e. The first-order valence-corrected chi connectivity index (χ1v) is 11.8. The molecule has 29 heavy (non-hydrogen) atoms. The van der Waals surface area contributed by atoms with Crippen LogP contribution in [-0.4, -0.2) is 16.6 Å². The average Bonchev–Trinajstić information content (AvgIpc) is 3.44. The van der Waals surface area contributed by atoms with Gasteiger partial charge in [0.2, 0.25) is 0 Å². The van der Waals surface area contributed by atoms with E-state index in [0.29, 0.717) is 0 Å². The molecule has 0 aliphatic carbocycles. The lowest BCUT2D eigenvalue weighted by Gasteiger charge is -2.05. The van der Waals surface area contributed by atoms with Crippen molar-refractivity contribution < 1.29 is 4.74 Å². The Labute approximate surface area is 180 Å². The summed E-state index contributed by atoms with van der Waals surface area (Å²) in [6.07, 6.45) is 3.27. The predicted octanol–water partition coefficient (Wildman–Crippen LogP) is 7.34. The quantitative estimate of drug-likeness (QED) is 0.280. The lowest BCUT2D eigenvalue weighted by molar-refractivity contribution is 0.309. The summed E-state index contributed by atoms with van der Waals surface area (Å²) < 4.78 is 5.74. The van der Waals surface area contributed by atoms with Crippen molar-refractivity contribution in [2.24, 2.45) is 0 Å². The molecule has 3 nitrogen and oxygen atoms in total. The number of rotatable bonds is 8. The summed E-state index contributed by atoms with van der Waals surface area (Å²) in [6, 6.07) is 16.8. The molecule has 2 aromatic carbocycles. The first kappa shape index (κ1) is 19.8. The van der Waals surface area contributed by atoms with Crippen LogP contribution in [0.1, 0.15) is 32.3 Å². The van der Waals surface area contributed by atoms with E-state index in [2.05, 4.69) is 61.0 Å². The third-order valence-electron chi connectivity index (χ3n) is 4.77. The minimum atomic E-state index is 0.768. The fourth-order valence-electron chi connectivity index (χ4n) is 2.98. The van der Waals surface area contributed by atoms with Crippen LogP contribution >= 0.6 is 22.7 Å². The number of nitrogens with zero attached hydrogens (tertiary/aromatic N) is 2. The van der Waals surface area contributed by atoms with Crippen LogP contribution in [-0.2, 0) is 6.42 Å². The van der Waals surface area contributed by atoms with Gasteiger partial charge in [-0.05, 0) is 42.7 Å². The van der Waals surface area contributed by atoms with E-state index in [1.54, 1.807) is 22.7 Å². The van der Waals surface area contributed by atoms with Gasteiger partial charge in [0.25, 0.3) is 0 Å². The standard InChI is InChI=1S/C24H24N2OS2/c1-3-5-14-27-20-12-10-19(11-13-20)22-16-29-24(26-22)23-25-21(15-28-23)18-8-6-17(4-2)7-9-18/h6-13,15-16H,3-5,14H2,1-2H3. The van der Waals surface area contributed by atoms with Gasteiger partial charge in [-0.25, -0.2) is 9.97 Å². The van der Waals surface area contributed by atoms with Crippen molar-refractivity contribution in [3.8, 4) is 38.3 Å². The monoisotopic (exact) mass is 420 g/mol. The van der Waals surface area contributed by atoms with Gasteiger partial charge in [0.05, 0.1) is 18.0 Å². The number of hydrogen-bond acceptors (Lipinski definition) is 5. The summed E-state index contributed by atoms with van der Waals surface area (Å²) in [4.78, 5) is 9.63. The van der Waals surface area contributed by atoms with E-state index in [9.17, 15) is 0 Å². The zero-order valence-electron chi connectivity index (χ0n) is 16.7. The van der Waals surface area contributed by atoms with Crippen molar-refractivity contribution in [2.75, 3.05) is 6.61 Å². The van der Waals surface area contributed by atoms with E-state index in [1.165, 1.54) is 5.56 Å². The van der Waals surface area contributed by atoms with Gasteiger partial charge >= 0.3 is 0 Å². The van der Waals surface area contributed by atoms with Crippen molar-refractivity contribution in [1.82, 2.24) is 9.97 Å². The lowest BCUT2D eigenvalue weighted by atomic mass is 10.1. The third-order valence-corrected chi connectivity index (χ3v) is 6.59. The Kier molecular flexibility index (Phi) is 6.37. The summed E-state index contributed by atoms with van der Waals surface area (Å²) in [5.74, 6) is 0.913. The minimum absolute atomic E-state index is 0.768. The average molecular weight is 421 g/mol. The number of thiazole rings is 2. The number of hydrogen-bond donors (Lipinski definition) is 0. The maximum absolute atomic E-state index is 5.74. The molecule has 0 radical (unpaired) electrons. The number of benzene rings is 2. The molecule has 4 rings (SSSR count). The van der Waals surface area contributed by atoms with Gasteiger partial charge in [-0.15, -0.1) is 22.7 Å². The summed E-state index contributed by atoms with van der Waals surface area (Å²) >= 11 is 3.29. The van der Waals surface area contributed by atoms with Crippen LogP contribution < -0.4 is 4.74 Å². The third kappa shape index (κ3) is 4.74. The summed E-state index contributed by atoms with van der Waals surface area (Å²) in [6.45, 7) is 5.10. The van der Waals surface area contributed by atoms with E-state index in [-0.39, 0.29) is 0 Å². The van der Waals surface area contributed by atoms with Crippen LogP contribution in [0.25, 0.3) is 32.5 Å². The molecule has 148 valence electrons. The highest BCUT2D eigenvalue weighted by Crippen LogP contribution is 2.33. The van der Waals surface area contributed by atoms with E-state index in [1.807, 2.05) is 12.1 Å². The first-order valence-electron chi connectivity index (χ1n) is 10.0. The molecule has 2 aromatic heterocycles. The molecule has 0 atom stereocenters. The fraction of sp³-hybridized carbons (Fsp3) is 0.250. The van der Waals surface area contributed by atoms with E-state index >= 15 is 0 Å². The molecule has 2 heterocycles. The zero-order valence-corrected chi connectivity index (χ0v) is 18.4.